The standard InChI is InChI=1S/C36H46O4.2H2S/c1-5-7-9-11-13-27(3)39-35(37)33-23-19-31(20-24-33)29-15-17-30(18-16-29)32-21-25-34(26-22-32)36(38)40-28(4)14-12-10-8-6-2;;/h15-28H,5-14H2,1-4H3;2*1H2/t27-,28-;;/m1../s1. The molecule has 0 fully saturated rings. The second-order valence-corrected chi connectivity index (χ2v) is 10.9. The Morgan fingerprint density at radius 1 is 0.500 bits per heavy atom. The number of hydrogen-bond donors (Lipinski definition) is 0. The summed E-state index contributed by atoms with van der Waals surface area (Å²) in [7, 11) is 0. The van der Waals surface area contributed by atoms with E-state index in [1.807, 2.05) is 62.4 Å². The van der Waals surface area contributed by atoms with Crippen molar-refractivity contribution in [2.24, 2.45) is 0 Å². The summed E-state index contributed by atoms with van der Waals surface area (Å²) >= 11 is 0. The first kappa shape index (κ1) is 37.3. The molecule has 0 saturated heterocycles. The van der Waals surface area contributed by atoms with Gasteiger partial charge in [-0.1, -0.05) is 101 Å². The van der Waals surface area contributed by atoms with E-state index in [9.17, 15) is 9.59 Å². The smallest absolute Gasteiger partial charge is 0.338 e. The maximum Gasteiger partial charge on any atom is 0.338 e. The lowest BCUT2D eigenvalue weighted by Crippen LogP contribution is -2.15. The van der Waals surface area contributed by atoms with Gasteiger partial charge in [-0.15, -0.1) is 0 Å². The summed E-state index contributed by atoms with van der Waals surface area (Å²) in [6.07, 6.45) is 11.1. The molecule has 0 spiro atoms. The van der Waals surface area contributed by atoms with Gasteiger partial charge in [0, 0.05) is 0 Å². The Balaban J connectivity index is 0.00000441. The molecule has 230 valence electrons. The van der Waals surface area contributed by atoms with Gasteiger partial charge in [0.2, 0.25) is 0 Å². The molecule has 0 aliphatic rings. The highest BCUT2D eigenvalue weighted by molar-refractivity contribution is 7.59. The molecule has 2 atom stereocenters. The second-order valence-electron chi connectivity index (χ2n) is 10.9. The SMILES string of the molecule is CCCCCC[C@@H](C)OC(=O)c1ccc(-c2ccc(-c3ccc(C(=O)O[C@H](C)CCCCCC)cc3)cc2)cc1.S.S. The van der Waals surface area contributed by atoms with E-state index < -0.39 is 0 Å². The van der Waals surface area contributed by atoms with Crippen LogP contribution in [0.5, 0.6) is 0 Å². The molecule has 4 nitrogen and oxygen atoms in total. The quantitative estimate of drug-likeness (QED) is 0.120. The van der Waals surface area contributed by atoms with Gasteiger partial charge in [0.05, 0.1) is 23.3 Å². The average Bonchev–Trinajstić information content (AvgIpc) is 2.98. The molecule has 42 heavy (non-hydrogen) atoms. The Morgan fingerprint density at radius 3 is 1.07 bits per heavy atom. The van der Waals surface area contributed by atoms with E-state index in [4.69, 9.17) is 9.47 Å². The third-order valence-electron chi connectivity index (χ3n) is 7.34. The van der Waals surface area contributed by atoms with E-state index in [0.717, 1.165) is 47.9 Å². The van der Waals surface area contributed by atoms with E-state index >= 15 is 0 Å². The largest absolute Gasteiger partial charge is 0.459 e. The number of carbonyl (C=O) groups is 2. The maximum atomic E-state index is 12.5. The highest BCUT2D eigenvalue weighted by atomic mass is 32.1. The van der Waals surface area contributed by atoms with Crippen LogP contribution in [0.3, 0.4) is 0 Å². The number of carbonyl (C=O) groups excluding carboxylic acids is 2. The van der Waals surface area contributed by atoms with Crippen molar-refractivity contribution in [2.45, 2.75) is 104 Å². The molecule has 0 bridgehead atoms. The van der Waals surface area contributed by atoms with E-state index in [-0.39, 0.29) is 51.1 Å². The normalized spacial score (nSPS) is 11.9. The Morgan fingerprint density at radius 2 is 0.786 bits per heavy atom. The number of unbranched alkanes of at least 4 members (excludes halogenated alkanes) is 6. The van der Waals surface area contributed by atoms with Crippen molar-refractivity contribution in [3.05, 3.63) is 83.9 Å². The minimum absolute atomic E-state index is 0. The molecule has 0 unspecified atom stereocenters. The van der Waals surface area contributed by atoms with Gasteiger partial charge in [0.1, 0.15) is 0 Å². The van der Waals surface area contributed by atoms with Gasteiger partial charge >= 0.3 is 11.9 Å². The van der Waals surface area contributed by atoms with Gasteiger partial charge in [-0.25, -0.2) is 9.59 Å². The minimum Gasteiger partial charge on any atom is -0.459 e. The van der Waals surface area contributed by atoms with Crippen LogP contribution in [0.4, 0.5) is 0 Å². The average molecular weight is 611 g/mol. The van der Waals surface area contributed by atoms with E-state index in [1.165, 1.54) is 38.5 Å². The molecule has 0 aliphatic carbocycles. The van der Waals surface area contributed by atoms with Gasteiger partial charge in [0.15, 0.2) is 0 Å². The molecule has 0 aromatic heterocycles. The summed E-state index contributed by atoms with van der Waals surface area (Å²) in [6, 6.07) is 23.5. The fourth-order valence-corrected chi connectivity index (χ4v) is 4.79. The molecule has 0 heterocycles. The van der Waals surface area contributed by atoms with E-state index in [2.05, 4.69) is 38.1 Å². The van der Waals surface area contributed by atoms with Gasteiger partial charge < -0.3 is 9.47 Å². The molecule has 6 heteroatoms. The van der Waals surface area contributed by atoms with Crippen LogP contribution in [0.25, 0.3) is 22.3 Å². The summed E-state index contributed by atoms with van der Waals surface area (Å²) in [5.41, 5.74) is 5.37. The summed E-state index contributed by atoms with van der Waals surface area (Å²) < 4.78 is 11.2. The van der Waals surface area contributed by atoms with Gasteiger partial charge in [-0.3, -0.25) is 0 Å². The van der Waals surface area contributed by atoms with Crippen molar-refractivity contribution in [1.29, 1.82) is 0 Å². The summed E-state index contributed by atoms with van der Waals surface area (Å²) in [6.45, 7) is 8.32. The Bertz CT molecular complexity index is 1080. The van der Waals surface area contributed by atoms with Crippen LogP contribution < -0.4 is 0 Å². The molecule has 0 N–H and O–H groups in total. The van der Waals surface area contributed by atoms with Gasteiger partial charge in [-0.2, -0.15) is 27.0 Å². The zero-order valence-corrected chi connectivity index (χ0v) is 27.8. The Hall–Kier alpha value is -2.70. The van der Waals surface area contributed by atoms with Crippen molar-refractivity contribution >= 4 is 38.9 Å². The molecule has 0 amide bonds. The number of hydrogen-bond acceptors (Lipinski definition) is 4. The number of benzene rings is 3. The fourth-order valence-electron chi connectivity index (χ4n) is 4.79. The maximum absolute atomic E-state index is 12.5. The van der Waals surface area contributed by atoms with Crippen molar-refractivity contribution in [1.82, 2.24) is 0 Å². The van der Waals surface area contributed by atoms with Crippen LogP contribution in [0, 0.1) is 0 Å². The van der Waals surface area contributed by atoms with Crippen molar-refractivity contribution in [3.63, 3.8) is 0 Å². The predicted octanol–water partition coefficient (Wildman–Crippen LogP) is 10.3. The fraction of sp³-hybridized carbons (Fsp3) is 0.444. The van der Waals surface area contributed by atoms with Crippen molar-refractivity contribution in [2.75, 3.05) is 0 Å². The van der Waals surface area contributed by atoms with Crippen LogP contribution in [0.1, 0.15) is 113 Å². The van der Waals surface area contributed by atoms with Crippen molar-refractivity contribution in [3.8, 4) is 22.3 Å². The molecule has 3 aromatic rings. The number of esters is 2. The first-order chi connectivity index (χ1) is 19.4. The van der Waals surface area contributed by atoms with Gasteiger partial charge in [0.25, 0.3) is 0 Å². The highest BCUT2D eigenvalue weighted by Crippen LogP contribution is 2.26. The van der Waals surface area contributed by atoms with Crippen molar-refractivity contribution < 1.29 is 19.1 Å². The molecule has 3 rings (SSSR count). The monoisotopic (exact) mass is 610 g/mol. The van der Waals surface area contributed by atoms with Gasteiger partial charge in [-0.05, 0) is 86.1 Å². The molecule has 0 saturated carbocycles. The predicted molar refractivity (Wildman–Crippen MR) is 185 cm³/mol. The zero-order valence-electron chi connectivity index (χ0n) is 25.8. The highest BCUT2D eigenvalue weighted by Gasteiger charge is 2.14. The van der Waals surface area contributed by atoms with Crippen LogP contribution >= 0.6 is 27.0 Å². The van der Waals surface area contributed by atoms with E-state index in [1.54, 1.807) is 0 Å². The lowest BCUT2D eigenvalue weighted by Gasteiger charge is -2.13. The lowest BCUT2D eigenvalue weighted by atomic mass is 9.99. The van der Waals surface area contributed by atoms with E-state index in [0.29, 0.717) is 11.1 Å². The third-order valence-corrected chi connectivity index (χ3v) is 7.34. The summed E-state index contributed by atoms with van der Waals surface area (Å²) in [5.74, 6) is -0.530. The second kappa shape index (κ2) is 20.2. The Kier molecular flexibility index (Phi) is 18.0. The Labute approximate surface area is 267 Å². The minimum atomic E-state index is -0.265. The molecular formula is C36H50O4S2. The number of rotatable bonds is 16. The summed E-state index contributed by atoms with van der Waals surface area (Å²) in [4.78, 5) is 25.0. The molecular weight excluding hydrogens is 561 g/mol. The first-order valence-corrected chi connectivity index (χ1v) is 15.1. The van der Waals surface area contributed by atoms with Crippen LogP contribution in [0.2, 0.25) is 0 Å². The molecule has 0 radical (unpaired) electrons. The summed E-state index contributed by atoms with van der Waals surface area (Å²) in [5, 5.41) is 0. The molecule has 3 aromatic carbocycles. The van der Waals surface area contributed by atoms with Crippen LogP contribution in [-0.2, 0) is 9.47 Å². The van der Waals surface area contributed by atoms with Crippen LogP contribution in [-0.4, -0.2) is 24.1 Å². The number of ether oxygens (including phenoxy) is 2. The third kappa shape index (κ3) is 12.3. The van der Waals surface area contributed by atoms with Crippen LogP contribution in [0.15, 0.2) is 72.8 Å². The lowest BCUT2D eigenvalue weighted by molar-refractivity contribution is 0.0309. The first-order valence-electron chi connectivity index (χ1n) is 15.1. The zero-order chi connectivity index (χ0) is 28.7. The topological polar surface area (TPSA) is 52.6 Å². The molecule has 0 aliphatic heterocycles.